The number of fused-ring (bicyclic) bond motifs is 2. The molecule has 0 unspecified atom stereocenters. The van der Waals surface area contributed by atoms with Crippen molar-refractivity contribution < 1.29 is 9.53 Å². The van der Waals surface area contributed by atoms with E-state index in [0.29, 0.717) is 11.8 Å². The molecule has 3 aliphatic rings. The Kier molecular flexibility index (Phi) is 4.05. The molecule has 0 aromatic rings. The molecule has 0 aromatic carbocycles. The second-order valence-corrected chi connectivity index (χ2v) is 7.80. The topological polar surface area (TPSA) is 26.3 Å². The van der Waals surface area contributed by atoms with Crippen LogP contribution in [0.15, 0.2) is 34.6 Å². The van der Waals surface area contributed by atoms with E-state index in [2.05, 4.69) is 32.9 Å². The summed E-state index contributed by atoms with van der Waals surface area (Å²) in [4.78, 5) is 11.6. The number of allylic oxidation sites excluding steroid dienone is 6. The van der Waals surface area contributed by atoms with Crippen molar-refractivity contribution in [2.24, 2.45) is 17.3 Å². The van der Waals surface area contributed by atoms with Crippen molar-refractivity contribution in [3.63, 3.8) is 0 Å². The first kappa shape index (κ1) is 15.6. The summed E-state index contributed by atoms with van der Waals surface area (Å²) in [5, 5.41) is 0. The molecule has 0 saturated carbocycles. The van der Waals surface area contributed by atoms with Crippen LogP contribution in [-0.4, -0.2) is 5.97 Å². The number of carbonyl (C=O) groups excluding carboxylic acids is 1. The van der Waals surface area contributed by atoms with Gasteiger partial charge in [0.15, 0.2) is 0 Å². The first-order chi connectivity index (χ1) is 10.4. The van der Waals surface area contributed by atoms with E-state index < -0.39 is 0 Å². The maximum Gasteiger partial charge on any atom is 0.307 e. The SMILES string of the molecule is CC(=O)OC1=C(C)C=C[C@H]2CC3=C(CCCC3)C[C@@H]1C2(C)C. The Hall–Kier alpha value is -1.31. The third-order valence-corrected chi connectivity index (χ3v) is 6.02. The molecular formula is C20H28O2. The Morgan fingerprint density at radius 1 is 1.18 bits per heavy atom. The van der Waals surface area contributed by atoms with Crippen LogP contribution < -0.4 is 0 Å². The average molecular weight is 300 g/mol. The number of hydrogen-bond donors (Lipinski definition) is 0. The zero-order chi connectivity index (χ0) is 15.9. The number of carbonyl (C=O) groups is 1. The standard InChI is InChI=1S/C20H28O2/c1-13-9-10-17-11-15-7-5-6-8-16(15)12-18(20(17,3)4)19(13)22-14(2)21/h9-10,17-18H,5-8,11-12H2,1-4H3/t17-,18-/m0/s1. The minimum atomic E-state index is -0.195. The van der Waals surface area contributed by atoms with Gasteiger partial charge in [-0.2, -0.15) is 0 Å². The van der Waals surface area contributed by atoms with Gasteiger partial charge >= 0.3 is 5.97 Å². The molecule has 22 heavy (non-hydrogen) atoms. The van der Waals surface area contributed by atoms with Crippen molar-refractivity contribution in [2.45, 2.75) is 66.2 Å². The van der Waals surface area contributed by atoms with E-state index in [1.54, 1.807) is 11.1 Å². The van der Waals surface area contributed by atoms with Crippen LogP contribution in [0.25, 0.3) is 0 Å². The van der Waals surface area contributed by atoms with Crippen LogP contribution in [-0.2, 0) is 9.53 Å². The molecule has 0 radical (unpaired) electrons. The predicted molar refractivity (Wildman–Crippen MR) is 89.1 cm³/mol. The van der Waals surface area contributed by atoms with E-state index in [1.807, 2.05) is 0 Å². The highest BCUT2D eigenvalue weighted by atomic mass is 16.5. The van der Waals surface area contributed by atoms with Gasteiger partial charge in [-0.3, -0.25) is 4.79 Å². The average Bonchev–Trinajstić information content (AvgIpc) is 2.61. The lowest BCUT2D eigenvalue weighted by Gasteiger charge is -2.38. The molecule has 0 heterocycles. The van der Waals surface area contributed by atoms with Gasteiger partial charge in [-0.05, 0) is 62.4 Å². The lowest BCUT2D eigenvalue weighted by molar-refractivity contribution is -0.138. The molecule has 2 heteroatoms. The van der Waals surface area contributed by atoms with Crippen LogP contribution in [0, 0.1) is 17.3 Å². The second-order valence-electron chi connectivity index (χ2n) is 7.80. The summed E-state index contributed by atoms with van der Waals surface area (Å²) >= 11 is 0. The highest BCUT2D eigenvalue weighted by molar-refractivity contribution is 5.67. The smallest absolute Gasteiger partial charge is 0.307 e. The van der Waals surface area contributed by atoms with E-state index >= 15 is 0 Å². The highest BCUT2D eigenvalue weighted by Gasteiger charge is 2.44. The third-order valence-electron chi connectivity index (χ3n) is 6.02. The summed E-state index contributed by atoms with van der Waals surface area (Å²) < 4.78 is 5.71. The highest BCUT2D eigenvalue weighted by Crippen LogP contribution is 2.53. The van der Waals surface area contributed by atoms with Gasteiger partial charge in [-0.1, -0.05) is 37.1 Å². The normalized spacial score (nSPS) is 30.5. The van der Waals surface area contributed by atoms with Crippen molar-refractivity contribution in [2.75, 3.05) is 0 Å². The van der Waals surface area contributed by atoms with E-state index in [4.69, 9.17) is 4.74 Å². The van der Waals surface area contributed by atoms with Gasteiger partial charge in [0.25, 0.3) is 0 Å². The molecule has 0 spiro atoms. The quantitative estimate of drug-likeness (QED) is 0.484. The summed E-state index contributed by atoms with van der Waals surface area (Å²) in [5.41, 5.74) is 4.59. The van der Waals surface area contributed by atoms with Crippen molar-refractivity contribution in [3.05, 3.63) is 34.6 Å². The van der Waals surface area contributed by atoms with Crippen LogP contribution in [0.4, 0.5) is 0 Å². The molecule has 2 bridgehead atoms. The Morgan fingerprint density at radius 3 is 2.45 bits per heavy atom. The van der Waals surface area contributed by atoms with Crippen molar-refractivity contribution in [1.82, 2.24) is 0 Å². The van der Waals surface area contributed by atoms with Crippen LogP contribution in [0.5, 0.6) is 0 Å². The second kappa shape index (κ2) is 5.72. The maximum atomic E-state index is 11.6. The van der Waals surface area contributed by atoms with Gasteiger partial charge in [0, 0.05) is 12.8 Å². The van der Waals surface area contributed by atoms with Crippen LogP contribution >= 0.6 is 0 Å². The molecule has 0 amide bonds. The van der Waals surface area contributed by atoms with Gasteiger partial charge < -0.3 is 4.74 Å². The van der Waals surface area contributed by atoms with Gasteiger partial charge in [0.1, 0.15) is 5.76 Å². The molecule has 0 aliphatic heterocycles. The minimum absolute atomic E-state index is 0.121. The Bertz CT molecular complexity index is 575. The van der Waals surface area contributed by atoms with Gasteiger partial charge in [-0.25, -0.2) is 0 Å². The fraction of sp³-hybridized carbons (Fsp3) is 0.650. The van der Waals surface area contributed by atoms with Crippen LogP contribution in [0.1, 0.15) is 66.2 Å². The van der Waals surface area contributed by atoms with E-state index in [0.717, 1.165) is 17.8 Å². The Labute approximate surface area is 134 Å². The van der Waals surface area contributed by atoms with Crippen LogP contribution in [0.2, 0.25) is 0 Å². The molecule has 3 rings (SSSR count). The summed E-state index contributed by atoms with van der Waals surface area (Å²) in [6.07, 6.45) is 12.0. The molecular weight excluding hydrogens is 272 g/mol. The van der Waals surface area contributed by atoms with Gasteiger partial charge in [-0.15, -0.1) is 0 Å². The fourth-order valence-electron chi connectivity index (χ4n) is 4.49. The molecule has 0 saturated heterocycles. The predicted octanol–water partition coefficient (Wildman–Crippen LogP) is 5.32. The summed E-state index contributed by atoms with van der Waals surface area (Å²) in [7, 11) is 0. The zero-order valence-corrected chi connectivity index (χ0v) is 14.4. The molecule has 0 N–H and O–H groups in total. The molecule has 2 nitrogen and oxygen atoms in total. The third kappa shape index (κ3) is 2.68. The van der Waals surface area contributed by atoms with Gasteiger partial charge in [0.2, 0.25) is 0 Å². The summed E-state index contributed by atoms with van der Waals surface area (Å²) in [5.74, 6) is 1.56. The number of hydrogen-bond acceptors (Lipinski definition) is 2. The van der Waals surface area contributed by atoms with Crippen molar-refractivity contribution >= 4 is 5.97 Å². The lowest BCUT2D eigenvalue weighted by atomic mass is 9.67. The molecule has 3 aliphatic carbocycles. The van der Waals surface area contributed by atoms with Crippen molar-refractivity contribution in [1.29, 1.82) is 0 Å². The maximum absolute atomic E-state index is 11.6. The van der Waals surface area contributed by atoms with E-state index in [-0.39, 0.29) is 11.4 Å². The zero-order valence-electron chi connectivity index (χ0n) is 14.4. The Morgan fingerprint density at radius 2 is 1.82 bits per heavy atom. The first-order valence-corrected chi connectivity index (χ1v) is 8.66. The first-order valence-electron chi connectivity index (χ1n) is 8.66. The summed E-state index contributed by atoms with van der Waals surface area (Å²) in [6.45, 7) is 8.31. The number of ether oxygens (including phenoxy) is 1. The molecule has 0 fully saturated rings. The fourth-order valence-corrected chi connectivity index (χ4v) is 4.49. The Balaban J connectivity index is 2.07. The monoisotopic (exact) mass is 300 g/mol. The van der Waals surface area contributed by atoms with E-state index in [1.165, 1.54) is 39.0 Å². The minimum Gasteiger partial charge on any atom is -0.431 e. The molecule has 2 atom stereocenters. The molecule has 120 valence electrons. The number of esters is 1. The van der Waals surface area contributed by atoms with E-state index in [9.17, 15) is 4.79 Å². The molecule has 0 aromatic heterocycles. The van der Waals surface area contributed by atoms with Gasteiger partial charge in [0.05, 0.1) is 0 Å². The summed E-state index contributed by atoms with van der Waals surface area (Å²) in [6, 6.07) is 0. The van der Waals surface area contributed by atoms with Crippen molar-refractivity contribution in [3.8, 4) is 0 Å². The number of rotatable bonds is 1. The lowest BCUT2D eigenvalue weighted by Crippen LogP contribution is -2.32. The van der Waals surface area contributed by atoms with Crippen LogP contribution in [0.3, 0.4) is 0 Å². The largest absolute Gasteiger partial charge is 0.431 e.